The Balaban J connectivity index is 0.000000199. The predicted molar refractivity (Wildman–Crippen MR) is 362 cm³/mol. The number of ether oxygens (including phenoxy) is 2. The number of fused-ring (bicyclic) bond motifs is 2. The predicted octanol–water partition coefficient (Wildman–Crippen LogP) is 14.4. The van der Waals surface area contributed by atoms with E-state index in [1.807, 2.05) is 115 Å². The van der Waals surface area contributed by atoms with Crippen molar-refractivity contribution in [1.29, 1.82) is 0 Å². The number of hydrogen-bond donors (Lipinski definition) is 2. The number of hydrogen-bond acceptors (Lipinski definition) is 14. The Kier molecular flexibility index (Phi) is 21.4. The first-order valence-corrected chi connectivity index (χ1v) is 32.2. The molecule has 2 amide bonds. The molecule has 0 saturated carbocycles. The average molecular weight is 1420 g/mol. The summed E-state index contributed by atoms with van der Waals surface area (Å²) in [4.78, 5) is 95.7. The van der Waals surface area contributed by atoms with Crippen molar-refractivity contribution in [3.63, 3.8) is 0 Å². The summed E-state index contributed by atoms with van der Waals surface area (Å²) in [6, 6.07) is 19.1. The Hall–Kier alpha value is -7.18. The average Bonchev–Trinajstić information content (AvgIpc) is 0.747. The number of anilines is 1. The topological polar surface area (TPSA) is 216 Å². The van der Waals surface area contributed by atoms with Crippen molar-refractivity contribution in [2.24, 2.45) is 0 Å². The molecule has 91 heavy (non-hydrogen) atoms. The molecule has 2 N–H and O–H groups in total. The maximum Gasteiger partial charge on any atom is 0.410 e. The van der Waals surface area contributed by atoms with Crippen molar-refractivity contribution in [3.8, 4) is 33.9 Å². The maximum atomic E-state index is 15.1. The fourth-order valence-corrected chi connectivity index (χ4v) is 12.4. The van der Waals surface area contributed by atoms with E-state index in [0.29, 0.717) is 62.3 Å². The number of aryl methyl sites for hydroxylation is 2. The molecule has 10 rings (SSSR count). The molecule has 0 unspecified atom stereocenters. The summed E-state index contributed by atoms with van der Waals surface area (Å²) in [7, 11) is 0. The second-order valence-electron chi connectivity index (χ2n) is 25.6. The van der Waals surface area contributed by atoms with E-state index < -0.39 is 45.9 Å². The van der Waals surface area contributed by atoms with Crippen molar-refractivity contribution >= 4 is 95.1 Å². The second-order valence-corrected chi connectivity index (χ2v) is 28.0. The van der Waals surface area contributed by atoms with Gasteiger partial charge < -0.3 is 29.5 Å². The maximum absolute atomic E-state index is 15.1. The van der Waals surface area contributed by atoms with Gasteiger partial charge in [0.2, 0.25) is 0 Å². The summed E-state index contributed by atoms with van der Waals surface area (Å²) in [6.45, 7) is 33.1. The van der Waals surface area contributed by atoms with E-state index in [0.717, 1.165) is 24.2 Å². The quantitative estimate of drug-likeness (QED) is 0.142. The van der Waals surface area contributed by atoms with Crippen molar-refractivity contribution in [2.75, 3.05) is 31.1 Å². The first-order chi connectivity index (χ1) is 42.5. The molecule has 8 aromatic rings. The first kappa shape index (κ1) is 69.7. The molecular weight excluding hydrogens is 1340 g/mol. The van der Waals surface area contributed by atoms with Gasteiger partial charge >= 0.3 is 23.6 Å². The van der Waals surface area contributed by atoms with Crippen LogP contribution in [-0.2, 0) is 9.47 Å². The number of carbonyl (C=O) groups is 2. The van der Waals surface area contributed by atoms with E-state index in [9.17, 15) is 28.4 Å². The van der Waals surface area contributed by atoms with Crippen molar-refractivity contribution in [3.05, 3.63) is 158 Å². The minimum Gasteiger partial charge on any atom is -0.444 e. The molecule has 6 aromatic heterocycles. The summed E-state index contributed by atoms with van der Waals surface area (Å²) in [6.07, 6.45) is -0.600. The van der Waals surface area contributed by atoms with E-state index >= 15 is 4.39 Å². The molecule has 484 valence electrons. The number of halogens is 6. The molecule has 2 fully saturated rings. The van der Waals surface area contributed by atoms with Crippen LogP contribution in [0.2, 0.25) is 10.0 Å². The highest BCUT2D eigenvalue weighted by Gasteiger charge is 2.37. The Bertz CT molecular complexity index is 4290. The Morgan fingerprint density at radius 2 is 1.07 bits per heavy atom. The SMILES string of the molecule is C[C@@H]1CN[C@@H](C)CN1C(=O)OC(C)(C)C.Cc1cc(Br)nc(C(C)C)c1-n1c(=O)[nH]c(=O)c2cc(Cl)c(-c3ccccc3F)nc21.Cc1cc(Br)nc(C(C)C)c1-n1c(=O)nc(N2C[C@@H](C)N(C(=O)OC(C)(C)C)C[C@@H]2C)c2cc(Cl)c(-c3ccccc3F)nc21. The lowest BCUT2D eigenvalue weighted by Crippen LogP contribution is -2.59. The lowest BCUT2D eigenvalue weighted by atomic mass is 10.0. The van der Waals surface area contributed by atoms with Gasteiger partial charge in [0.05, 0.1) is 55.0 Å². The number of nitrogens with one attached hydrogen (secondary N) is 2. The lowest BCUT2D eigenvalue weighted by molar-refractivity contribution is 0.0101. The molecule has 19 nitrogen and oxygen atoms in total. The number of aromatic nitrogens is 8. The van der Waals surface area contributed by atoms with Crippen molar-refractivity contribution < 1.29 is 27.8 Å². The third-order valence-corrected chi connectivity index (χ3v) is 16.5. The molecule has 0 radical (unpaired) electrons. The highest BCUT2D eigenvalue weighted by molar-refractivity contribution is 9.10. The van der Waals surface area contributed by atoms with Gasteiger partial charge in [0.1, 0.15) is 37.9 Å². The van der Waals surface area contributed by atoms with Crippen LogP contribution in [0.1, 0.15) is 131 Å². The number of benzene rings is 2. The van der Waals surface area contributed by atoms with Crippen LogP contribution >= 0.6 is 55.1 Å². The minimum absolute atomic E-state index is 0.0292. The van der Waals surface area contributed by atoms with Gasteiger partial charge in [-0.25, -0.2) is 57.0 Å². The zero-order valence-electron chi connectivity index (χ0n) is 53.8. The number of rotatable bonds is 7. The summed E-state index contributed by atoms with van der Waals surface area (Å²) in [5.74, 6) is -0.687. The highest BCUT2D eigenvalue weighted by atomic mass is 79.9. The van der Waals surface area contributed by atoms with E-state index in [4.69, 9.17) is 42.6 Å². The van der Waals surface area contributed by atoms with Crippen LogP contribution in [0.5, 0.6) is 0 Å². The van der Waals surface area contributed by atoms with Crippen molar-refractivity contribution in [1.82, 2.24) is 54.2 Å². The van der Waals surface area contributed by atoms with Gasteiger partial charge in [0.15, 0.2) is 11.3 Å². The Morgan fingerprint density at radius 1 is 0.615 bits per heavy atom. The standard InChI is InChI=1S/C33H37BrClFN6O3.C22H17BrClFN4O2.C11H22N2O2/c1-17(2)26-28(18(3)13-25(34)37-26)42-30-22(14-23(35)27(38-30)21-11-9-10-12-24(21)36)29(39-31(42)43)40-15-20(5)41(16-19(40)4)32(44)45-33(6,7)8;1-10(2)17-19(11(3)8-16(23)26-17)29-20-13(21(30)28-22(29)31)9-14(24)18(27-20)12-6-4-5-7-15(12)25;1-8-7-13(9(2)6-12-8)10(14)15-11(3,4)5/h9-14,17,19-20H,15-16H2,1-8H3;4-10H,1-3H3,(H,28,30,31);8-9,12H,6-7H2,1-5H3/t19-,20+;;8-,9+/m0.0/s1. The Morgan fingerprint density at radius 3 is 1.54 bits per heavy atom. The molecule has 25 heteroatoms. The van der Waals surface area contributed by atoms with Gasteiger partial charge in [-0.1, -0.05) is 75.2 Å². The lowest BCUT2D eigenvalue weighted by Gasteiger charge is -2.44. The van der Waals surface area contributed by atoms with Crippen LogP contribution in [0.15, 0.2) is 96.4 Å². The molecule has 2 saturated heterocycles. The van der Waals surface area contributed by atoms with E-state index in [1.165, 1.54) is 33.4 Å². The van der Waals surface area contributed by atoms with E-state index in [-0.39, 0.29) is 85.3 Å². The van der Waals surface area contributed by atoms with Crippen LogP contribution in [0.4, 0.5) is 24.2 Å². The van der Waals surface area contributed by atoms with Gasteiger partial charge in [-0.05, 0) is 186 Å². The van der Waals surface area contributed by atoms with Crippen LogP contribution < -0.4 is 27.2 Å². The molecule has 0 aliphatic carbocycles. The molecule has 2 aliphatic heterocycles. The monoisotopic (exact) mass is 1410 g/mol. The number of piperazine rings is 2. The largest absolute Gasteiger partial charge is 0.444 e. The third-order valence-electron chi connectivity index (χ3n) is 15.1. The van der Waals surface area contributed by atoms with Crippen LogP contribution in [0, 0.1) is 25.5 Å². The minimum atomic E-state index is -0.666. The normalized spacial score (nSPS) is 17.0. The number of amides is 2. The number of nitrogens with zero attached hydrogens (tertiary/aromatic N) is 10. The summed E-state index contributed by atoms with van der Waals surface area (Å²) < 4.78 is 44.6. The van der Waals surface area contributed by atoms with E-state index in [1.54, 1.807) is 52.3 Å². The van der Waals surface area contributed by atoms with Gasteiger partial charge in [-0.2, -0.15) is 4.98 Å². The van der Waals surface area contributed by atoms with Gasteiger partial charge in [-0.15, -0.1) is 0 Å². The second kappa shape index (κ2) is 28.0. The van der Waals surface area contributed by atoms with Crippen LogP contribution in [0.25, 0.3) is 56.0 Å². The summed E-state index contributed by atoms with van der Waals surface area (Å²) in [5, 5.41) is 4.27. The molecule has 2 aliphatic rings. The summed E-state index contributed by atoms with van der Waals surface area (Å²) >= 11 is 20.1. The molecule has 4 atom stereocenters. The smallest absolute Gasteiger partial charge is 0.410 e. The number of pyridine rings is 4. The Labute approximate surface area is 554 Å². The van der Waals surface area contributed by atoms with Crippen LogP contribution in [-0.4, -0.2) is 123 Å². The van der Waals surface area contributed by atoms with Gasteiger partial charge in [-0.3, -0.25) is 9.78 Å². The fourth-order valence-electron chi connectivity index (χ4n) is 10.8. The number of carbonyl (C=O) groups excluding carboxylic acids is 2. The van der Waals surface area contributed by atoms with Crippen molar-refractivity contribution in [2.45, 2.75) is 158 Å². The van der Waals surface area contributed by atoms with Crippen LogP contribution in [0.3, 0.4) is 0 Å². The zero-order chi connectivity index (χ0) is 67.0. The summed E-state index contributed by atoms with van der Waals surface area (Å²) in [5.41, 5.74) is 2.12. The number of H-pyrrole nitrogens is 1. The number of aromatic amines is 1. The molecule has 8 heterocycles. The van der Waals surface area contributed by atoms with E-state index in [2.05, 4.69) is 64.0 Å². The third kappa shape index (κ3) is 15.7. The van der Waals surface area contributed by atoms with Gasteiger partial charge in [0, 0.05) is 61.5 Å². The highest BCUT2D eigenvalue weighted by Crippen LogP contribution is 2.38. The molecule has 2 aromatic carbocycles. The molecular formula is C66H76Br2Cl2F2N12O7. The fraction of sp³-hybridized carbons (Fsp3) is 0.424. The zero-order valence-corrected chi connectivity index (χ0v) is 58.5. The first-order valence-electron chi connectivity index (χ1n) is 29.9. The van der Waals surface area contributed by atoms with Gasteiger partial charge in [0.25, 0.3) is 5.56 Å². The molecule has 0 bridgehead atoms. The molecule has 0 spiro atoms.